The van der Waals surface area contributed by atoms with Crippen LogP contribution >= 0.6 is 24.0 Å². The largest absolute Gasteiger partial charge is 0.383 e. The van der Waals surface area contributed by atoms with Crippen molar-refractivity contribution in [2.24, 2.45) is 10.7 Å². The molecular weight excluding hydrogens is 369 g/mol. The van der Waals surface area contributed by atoms with Gasteiger partial charge in [0.25, 0.3) is 0 Å². The minimum absolute atomic E-state index is 0. The molecule has 0 aliphatic carbocycles. The van der Waals surface area contributed by atoms with Crippen molar-refractivity contribution in [3.8, 4) is 0 Å². The molecule has 0 radical (unpaired) electrons. The smallest absolute Gasteiger partial charge is 0.189 e. The number of guanidine groups is 1. The molecule has 1 atom stereocenters. The highest BCUT2D eigenvalue weighted by atomic mass is 127. The monoisotopic (exact) mass is 393 g/mol. The molecule has 114 valence electrons. The normalized spacial score (nSPS) is 12.7. The number of halogens is 1. The average molecular weight is 393 g/mol. The number of nitrogens with zero attached hydrogens (tertiary/aromatic N) is 1. The molecule has 0 heterocycles. The van der Waals surface area contributed by atoms with Crippen LogP contribution in [0, 0.1) is 0 Å². The topological polar surface area (TPSA) is 68.9 Å². The summed E-state index contributed by atoms with van der Waals surface area (Å²) in [4.78, 5) is 4.29. The van der Waals surface area contributed by atoms with Gasteiger partial charge in [-0.3, -0.25) is 0 Å². The third-order valence-corrected chi connectivity index (χ3v) is 2.58. The highest BCUT2D eigenvalue weighted by molar-refractivity contribution is 14.0. The Labute approximate surface area is 138 Å². The van der Waals surface area contributed by atoms with Crippen LogP contribution in [0.2, 0.25) is 0 Å². The van der Waals surface area contributed by atoms with E-state index in [0.29, 0.717) is 25.7 Å². The molecule has 20 heavy (non-hydrogen) atoms. The Morgan fingerprint density at radius 2 is 1.80 bits per heavy atom. The van der Waals surface area contributed by atoms with E-state index in [-0.39, 0.29) is 30.0 Å². The minimum atomic E-state index is 0. The molecule has 3 N–H and O–H groups in total. The van der Waals surface area contributed by atoms with Crippen LogP contribution in [0.25, 0.3) is 0 Å². The Hall–Kier alpha value is -0.860. The van der Waals surface area contributed by atoms with Gasteiger partial charge in [0, 0.05) is 20.3 Å². The van der Waals surface area contributed by atoms with E-state index in [1.54, 1.807) is 14.2 Å². The van der Waals surface area contributed by atoms with Crippen molar-refractivity contribution in [3.05, 3.63) is 35.4 Å². The minimum Gasteiger partial charge on any atom is -0.383 e. The van der Waals surface area contributed by atoms with Crippen molar-refractivity contribution >= 4 is 29.9 Å². The summed E-state index contributed by atoms with van der Waals surface area (Å²) >= 11 is 0. The number of nitrogens with one attached hydrogen (secondary N) is 1. The van der Waals surface area contributed by atoms with E-state index in [0.717, 1.165) is 11.1 Å². The molecule has 0 fully saturated rings. The summed E-state index contributed by atoms with van der Waals surface area (Å²) in [6.45, 7) is 3.78. The van der Waals surface area contributed by atoms with Gasteiger partial charge in [-0.2, -0.15) is 0 Å². The second-order valence-corrected chi connectivity index (χ2v) is 4.45. The molecule has 0 aliphatic rings. The molecule has 0 spiro atoms. The predicted octanol–water partition coefficient (Wildman–Crippen LogP) is 1.89. The van der Waals surface area contributed by atoms with Crippen LogP contribution in [-0.2, 0) is 22.6 Å². The fraction of sp³-hybridized carbons (Fsp3) is 0.500. The number of hydrogen-bond donors (Lipinski definition) is 2. The Morgan fingerprint density at radius 1 is 1.20 bits per heavy atom. The molecule has 0 bridgehead atoms. The van der Waals surface area contributed by atoms with Gasteiger partial charge in [0.1, 0.15) is 0 Å². The van der Waals surface area contributed by atoms with Gasteiger partial charge in [-0.15, -0.1) is 24.0 Å². The zero-order valence-corrected chi connectivity index (χ0v) is 14.6. The first-order chi connectivity index (χ1) is 9.15. The first-order valence-corrected chi connectivity index (χ1v) is 6.28. The molecule has 0 aliphatic heterocycles. The molecule has 0 saturated carbocycles. The maximum Gasteiger partial charge on any atom is 0.189 e. The van der Waals surface area contributed by atoms with Gasteiger partial charge in [0.2, 0.25) is 0 Å². The van der Waals surface area contributed by atoms with Crippen LogP contribution in [-0.4, -0.2) is 32.8 Å². The van der Waals surface area contributed by atoms with E-state index in [1.807, 2.05) is 31.2 Å². The summed E-state index contributed by atoms with van der Waals surface area (Å²) in [5.41, 5.74) is 8.06. The number of ether oxygens (including phenoxy) is 2. The molecular formula is C14H24IN3O2. The maximum absolute atomic E-state index is 5.79. The first kappa shape index (κ1) is 19.1. The second-order valence-electron chi connectivity index (χ2n) is 4.45. The van der Waals surface area contributed by atoms with Gasteiger partial charge in [0.15, 0.2) is 5.96 Å². The van der Waals surface area contributed by atoms with Crippen molar-refractivity contribution in [3.63, 3.8) is 0 Å². The number of methoxy groups -OCH3 is 2. The van der Waals surface area contributed by atoms with Gasteiger partial charge < -0.3 is 20.5 Å². The fourth-order valence-electron chi connectivity index (χ4n) is 1.67. The third kappa shape index (κ3) is 7.66. The Kier molecular flexibility index (Phi) is 10.4. The molecule has 1 rings (SSSR count). The van der Waals surface area contributed by atoms with Crippen LogP contribution in [0.1, 0.15) is 18.1 Å². The lowest BCUT2D eigenvalue weighted by Gasteiger charge is -2.13. The standard InChI is InChI=1S/C14H23N3O2.HI/c1-11(9-18-2)17-14(15)16-8-12-4-6-13(7-5-12)10-19-3;/h4-7,11H,8-10H2,1-3H3,(H3,15,16,17);1H. The molecule has 6 heteroatoms. The third-order valence-electron chi connectivity index (χ3n) is 2.58. The van der Waals surface area contributed by atoms with E-state index in [1.165, 1.54) is 0 Å². The summed E-state index contributed by atoms with van der Waals surface area (Å²) in [7, 11) is 3.35. The SMILES string of the molecule is COCc1ccc(CN=C(N)NC(C)COC)cc1.I. The highest BCUT2D eigenvalue weighted by Crippen LogP contribution is 2.06. The van der Waals surface area contributed by atoms with Gasteiger partial charge in [-0.25, -0.2) is 4.99 Å². The van der Waals surface area contributed by atoms with Crippen molar-refractivity contribution in [1.29, 1.82) is 0 Å². The zero-order valence-electron chi connectivity index (χ0n) is 12.3. The van der Waals surface area contributed by atoms with Crippen molar-refractivity contribution in [2.45, 2.75) is 26.1 Å². The number of hydrogen-bond acceptors (Lipinski definition) is 3. The predicted molar refractivity (Wildman–Crippen MR) is 92.4 cm³/mol. The molecule has 5 nitrogen and oxygen atoms in total. The quantitative estimate of drug-likeness (QED) is 0.422. The molecule has 0 aromatic heterocycles. The summed E-state index contributed by atoms with van der Waals surface area (Å²) in [5, 5.41) is 3.07. The van der Waals surface area contributed by atoms with Crippen molar-refractivity contribution < 1.29 is 9.47 Å². The molecule has 1 unspecified atom stereocenters. The Morgan fingerprint density at radius 3 is 2.35 bits per heavy atom. The van der Waals surface area contributed by atoms with Crippen LogP contribution in [0.5, 0.6) is 0 Å². The number of nitrogens with two attached hydrogens (primary N) is 1. The maximum atomic E-state index is 5.79. The lowest BCUT2D eigenvalue weighted by atomic mass is 10.1. The molecule has 0 saturated heterocycles. The number of rotatable bonds is 7. The molecule has 1 aromatic rings. The van der Waals surface area contributed by atoms with Crippen molar-refractivity contribution in [2.75, 3.05) is 20.8 Å². The van der Waals surface area contributed by atoms with Crippen LogP contribution in [0.3, 0.4) is 0 Å². The Bertz CT molecular complexity index is 396. The lowest BCUT2D eigenvalue weighted by molar-refractivity contribution is 0.179. The Balaban J connectivity index is 0.00000361. The number of aliphatic imine (C=N–C) groups is 1. The van der Waals surface area contributed by atoms with Gasteiger partial charge in [-0.1, -0.05) is 24.3 Å². The number of benzene rings is 1. The summed E-state index contributed by atoms with van der Waals surface area (Å²) in [5.74, 6) is 0.436. The summed E-state index contributed by atoms with van der Waals surface area (Å²) in [6, 6.07) is 8.28. The molecule has 1 aromatic carbocycles. The van der Waals surface area contributed by atoms with E-state index in [4.69, 9.17) is 15.2 Å². The summed E-state index contributed by atoms with van der Waals surface area (Å²) in [6.07, 6.45) is 0. The first-order valence-electron chi connectivity index (χ1n) is 6.28. The van der Waals surface area contributed by atoms with E-state index in [2.05, 4.69) is 10.3 Å². The molecule has 0 amide bonds. The zero-order chi connectivity index (χ0) is 14.1. The second kappa shape index (κ2) is 10.9. The average Bonchev–Trinajstić information content (AvgIpc) is 2.38. The summed E-state index contributed by atoms with van der Waals surface area (Å²) < 4.78 is 10.1. The van der Waals surface area contributed by atoms with Gasteiger partial charge in [0.05, 0.1) is 19.8 Å². The fourth-order valence-corrected chi connectivity index (χ4v) is 1.67. The van der Waals surface area contributed by atoms with Crippen molar-refractivity contribution in [1.82, 2.24) is 5.32 Å². The van der Waals surface area contributed by atoms with Crippen LogP contribution < -0.4 is 11.1 Å². The lowest BCUT2D eigenvalue weighted by Crippen LogP contribution is -2.40. The van der Waals surface area contributed by atoms with E-state index >= 15 is 0 Å². The highest BCUT2D eigenvalue weighted by Gasteiger charge is 2.01. The van der Waals surface area contributed by atoms with E-state index < -0.39 is 0 Å². The van der Waals surface area contributed by atoms with Gasteiger partial charge in [-0.05, 0) is 18.1 Å². The van der Waals surface area contributed by atoms with Gasteiger partial charge >= 0.3 is 0 Å². The van der Waals surface area contributed by atoms with Crippen LogP contribution in [0.15, 0.2) is 29.3 Å². The van der Waals surface area contributed by atoms with E-state index in [9.17, 15) is 0 Å². The van der Waals surface area contributed by atoms with Crippen LogP contribution in [0.4, 0.5) is 0 Å².